The van der Waals surface area contributed by atoms with Gasteiger partial charge in [-0.05, 0) is 42.5 Å². The Hall–Kier alpha value is -2.70. The Morgan fingerprint density at radius 2 is 1.56 bits per heavy atom. The van der Waals surface area contributed by atoms with Gasteiger partial charge in [-0.2, -0.15) is 0 Å². The zero-order valence-electron chi connectivity index (χ0n) is 17.5. The fourth-order valence-electron chi connectivity index (χ4n) is 3.91. The Labute approximate surface area is 191 Å². The molecule has 0 aliphatic carbocycles. The van der Waals surface area contributed by atoms with E-state index in [9.17, 15) is 13.2 Å². The van der Waals surface area contributed by atoms with Crippen LogP contribution in [0.15, 0.2) is 66.7 Å². The van der Waals surface area contributed by atoms with Crippen LogP contribution in [-0.2, 0) is 0 Å². The molecule has 1 atom stereocenters. The first-order valence-corrected chi connectivity index (χ1v) is 11.0. The predicted octanol–water partition coefficient (Wildman–Crippen LogP) is 6.09. The van der Waals surface area contributed by atoms with Gasteiger partial charge in [0, 0.05) is 56.5 Å². The Morgan fingerprint density at radius 1 is 0.844 bits per heavy atom. The van der Waals surface area contributed by atoms with Gasteiger partial charge in [0.15, 0.2) is 0 Å². The summed E-state index contributed by atoms with van der Waals surface area (Å²) in [6.45, 7) is 4.04. The van der Waals surface area contributed by atoms with Crippen LogP contribution in [0.3, 0.4) is 0 Å². The Morgan fingerprint density at radius 3 is 2.25 bits per heavy atom. The largest absolute Gasteiger partial charge is 0.486 e. The van der Waals surface area contributed by atoms with Crippen LogP contribution in [0.2, 0.25) is 5.02 Å². The van der Waals surface area contributed by atoms with Gasteiger partial charge in [0.25, 0.3) is 0 Å². The average Bonchev–Trinajstić information content (AvgIpc) is 2.80. The smallest absolute Gasteiger partial charge is 0.142 e. The molecule has 168 valence electrons. The third kappa shape index (κ3) is 5.56. The molecule has 0 N–H and O–H groups in total. The van der Waals surface area contributed by atoms with E-state index in [2.05, 4.69) is 9.80 Å². The maximum Gasteiger partial charge on any atom is 0.142 e. The van der Waals surface area contributed by atoms with Gasteiger partial charge in [-0.25, -0.2) is 13.2 Å². The van der Waals surface area contributed by atoms with Gasteiger partial charge >= 0.3 is 0 Å². The summed E-state index contributed by atoms with van der Waals surface area (Å²) < 4.78 is 47.2. The van der Waals surface area contributed by atoms with Crippen LogP contribution in [0.5, 0.6) is 5.75 Å². The van der Waals surface area contributed by atoms with Crippen molar-refractivity contribution in [2.45, 2.75) is 12.5 Å². The van der Waals surface area contributed by atoms with Crippen molar-refractivity contribution in [1.82, 2.24) is 4.90 Å². The van der Waals surface area contributed by atoms with E-state index in [4.69, 9.17) is 16.3 Å². The second-order valence-electron chi connectivity index (χ2n) is 7.80. The molecule has 0 bridgehead atoms. The zero-order valence-corrected chi connectivity index (χ0v) is 18.2. The highest BCUT2D eigenvalue weighted by Gasteiger charge is 2.22. The fourth-order valence-corrected chi connectivity index (χ4v) is 4.08. The summed E-state index contributed by atoms with van der Waals surface area (Å²) in [6, 6.07) is 17.2. The number of hydrogen-bond donors (Lipinski definition) is 0. The molecule has 32 heavy (non-hydrogen) atoms. The molecule has 7 heteroatoms. The van der Waals surface area contributed by atoms with Crippen LogP contribution in [0.4, 0.5) is 18.9 Å². The Kier molecular flexibility index (Phi) is 7.22. The van der Waals surface area contributed by atoms with Crippen molar-refractivity contribution < 1.29 is 17.9 Å². The lowest BCUT2D eigenvalue weighted by Gasteiger charge is -2.36. The molecule has 1 aliphatic heterocycles. The second-order valence-corrected chi connectivity index (χ2v) is 8.20. The zero-order chi connectivity index (χ0) is 22.5. The third-order valence-electron chi connectivity index (χ3n) is 5.69. The van der Waals surface area contributed by atoms with E-state index in [-0.39, 0.29) is 16.7 Å². The highest BCUT2D eigenvalue weighted by molar-refractivity contribution is 6.30. The first kappa shape index (κ1) is 22.5. The minimum absolute atomic E-state index is 0.0355. The number of hydrogen-bond acceptors (Lipinski definition) is 3. The van der Waals surface area contributed by atoms with Crippen molar-refractivity contribution in [1.29, 1.82) is 0 Å². The van der Waals surface area contributed by atoms with Crippen molar-refractivity contribution in [3.05, 3.63) is 94.8 Å². The van der Waals surface area contributed by atoms with Crippen LogP contribution in [0.25, 0.3) is 0 Å². The number of benzene rings is 3. The van der Waals surface area contributed by atoms with Gasteiger partial charge < -0.3 is 9.64 Å². The number of halogens is 4. The molecule has 0 spiro atoms. The van der Waals surface area contributed by atoms with Gasteiger partial charge in [-0.1, -0.05) is 29.8 Å². The summed E-state index contributed by atoms with van der Waals surface area (Å²) in [7, 11) is 0. The highest BCUT2D eigenvalue weighted by Crippen LogP contribution is 2.30. The van der Waals surface area contributed by atoms with E-state index < -0.39 is 11.9 Å². The molecule has 0 radical (unpaired) electrons. The van der Waals surface area contributed by atoms with Crippen molar-refractivity contribution in [3.8, 4) is 5.75 Å². The second kappa shape index (κ2) is 10.3. The molecule has 0 saturated carbocycles. The van der Waals surface area contributed by atoms with E-state index in [1.54, 1.807) is 30.3 Å². The summed E-state index contributed by atoms with van der Waals surface area (Å²) in [6.07, 6.45) is 0.0276. The molecular weight excluding hydrogens is 437 g/mol. The highest BCUT2D eigenvalue weighted by atomic mass is 35.5. The number of anilines is 1. The maximum absolute atomic E-state index is 14.5. The molecule has 1 aliphatic rings. The van der Waals surface area contributed by atoms with E-state index in [1.807, 2.05) is 0 Å². The first-order valence-electron chi connectivity index (χ1n) is 10.6. The normalized spacial score (nSPS) is 15.6. The SMILES string of the molecule is Fc1ccc(N2CCN(CCC(Oc3ccc(F)c(Cl)c3)c3ccccc3F)CC2)cc1. The van der Waals surface area contributed by atoms with Gasteiger partial charge in [0.05, 0.1) is 5.02 Å². The molecule has 3 aromatic carbocycles. The quantitative estimate of drug-likeness (QED) is 0.424. The van der Waals surface area contributed by atoms with Crippen molar-refractivity contribution in [3.63, 3.8) is 0 Å². The molecule has 0 aromatic heterocycles. The number of ether oxygens (including phenoxy) is 1. The van der Waals surface area contributed by atoms with Crippen LogP contribution < -0.4 is 9.64 Å². The summed E-state index contributed by atoms with van der Waals surface area (Å²) in [5.41, 5.74) is 1.46. The number of rotatable bonds is 7. The summed E-state index contributed by atoms with van der Waals surface area (Å²) in [5, 5.41) is -0.0355. The van der Waals surface area contributed by atoms with Crippen LogP contribution >= 0.6 is 11.6 Å². The average molecular weight is 461 g/mol. The third-order valence-corrected chi connectivity index (χ3v) is 5.98. The Balaban J connectivity index is 1.40. The van der Waals surface area contributed by atoms with Crippen LogP contribution in [-0.4, -0.2) is 37.6 Å². The molecular formula is C25H24ClF3N2O. The van der Waals surface area contributed by atoms with E-state index >= 15 is 0 Å². The summed E-state index contributed by atoms with van der Waals surface area (Å²) >= 11 is 5.88. The van der Waals surface area contributed by atoms with Crippen LogP contribution in [0.1, 0.15) is 18.1 Å². The molecule has 4 rings (SSSR count). The number of piperazine rings is 1. The standard InChI is InChI=1S/C25H24ClF3N2O/c26-22-17-20(9-10-24(22)29)32-25(21-3-1-2-4-23(21)28)11-12-30-13-15-31(16-14-30)19-7-5-18(27)6-8-19/h1-10,17,25H,11-16H2. The first-order chi connectivity index (χ1) is 15.5. The lowest BCUT2D eigenvalue weighted by molar-refractivity contribution is 0.156. The van der Waals surface area contributed by atoms with Crippen molar-refractivity contribution in [2.75, 3.05) is 37.6 Å². The minimum Gasteiger partial charge on any atom is -0.486 e. The minimum atomic E-state index is -0.534. The van der Waals surface area contributed by atoms with Gasteiger partial charge in [0.1, 0.15) is 29.3 Å². The van der Waals surface area contributed by atoms with Crippen LogP contribution in [0, 0.1) is 17.5 Å². The van der Waals surface area contributed by atoms with Gasteiger partial charge in [-0.15, -0.1) is 0 Å². The van der Waals surface area contributed by atoms with E-state index in [1.165, 1.54) is 36.4 Å². The van der Waals surface area contributed by atoms with E-state index in [0.29, 0.717) is 24.3 Å². The summed E-state index contributed by atoms with van der Waals surface area (Å²) in [4.78, 5) is 4.52. The lowest BCUT2D eigenvalue weighted by atomic mass is 10.0. The summed E-state index contributed by atoms with van der Waals surface area (Å²) in [5.74, 6) is -0.716. The Bertz CT molecular complexity index is 1040. The molecule has 1 heterocycles. The monoisotopic (exact) mass is 460 g/mol. The fraction of sp³-hybridized carbons (Fsp3) is 0.280. The van der Waals surface area contributed by atoms with Crippen molar-refractivity contribution >= 4 is 17.3 Å². The van der Waals surface area contributed by atoms with Gasteiger partial charge in [0.2, 0.25) is 0 Å². The molecule has 3 aromatic rings. The molecule has 0 amide bonds. The molecule has 3 nitrogen and oxygen atoms in total. The molecule has 1 saturated heterocycles. The van der Waals surface area contributed by atoms with Crippen molar-refractivity contribution in [2.24, 2.45) is 0 Å². The lowest BCUT2D eigenvalue weighted by Crippen LogP contribution is -2.46. The number of nitrogens with zero attached hydrogens (tertiary/aromatic N) is 2. The maximum atomic E-state index is 14.5. The van der Waals surface area contributed by atoms with E-state index in [0.717, 1.165) is 31.9 Å². The molecule has 1 unspecified atom stereocenters. The molecule has 1 fully saturated rings. The predicted molar refractivity (Wildman–Crippen MR) is 121 cm³/mol. The van der Waals surface area contributed by atoms with Gasteiger partial charge in [-0.3, -0.25) is 4.90 Å². The topological polar surface area (TPSA) is 15.7 Å².